The van der Waals surface area contributed by atoms with Gasteiger partial charge in [-0.3, -0.25) is 0 Å². The molecule has 0 aliphatic rings. The first-order valence-electron chi connectivity index (χ1n) is 4.43. The first-order chi connectivity index (χ1) is 6.52. The molecule has 4 heteroatoms. The molecule has 0 heterocycles. The van der Waals surface area contributed by atoms with Gasteiger partial charge in [0.2, 0.25) is 0 Å². The molecule has 0 saturated heterocycles. The molecule has 84 valence electrons. The monoisotopic (exact) mass is 229 g/mol. The zero-order chi connectivity index (χ0) is 10.7. The molecule has 1 rings (SSSR count). The molecule has 1 aromatic rings. The normalized spacial score (nSPS) is 11.6. The van der Waals surface area contributed by atoms with Crippen LogP contribution in [0.3, 0.4) is 0 Å². The first-order valence-corrected chi connectivity index (χ1v) is 4.43. The van der Waals surface area contributed by atoms with Crippen LogP contribution in [0.15, 0.2) is 30.4 Å². The van der Waals surface area contributed by atoms with Crippen molar-refractivity contribution in [3.63, 3.8) is 0 Å². The highest BCUT2D eigenvalue weighted by Crippen LogP contribution is 2.33. The molecule has 3 nitrogen and oxygen atoms in total. The van der Waals surface area contributed by atoms with Crippen molar-refractivity contribution in [2.24, 2.45) is 5.73 Å². The maximum atomic E-state index is 9.52. The number of benzene rings is 1. The average molecular weight is 230 g/mol. The lowest BCUT2D eigenvalue weighted by Gasteiger charge is -2.13. The van der Waals surface area contributed by atoms with Gasteiger partial charge in [-0.25, -0.2) is 0 Å². The minimum absolute atomic E-state index is 0. The molecule has 0 saturated carbocycles. The quantitative estimate of drug-likeness (QED) is 0.551. The second-order valence-corrected chi connectivity index (χ2v) is 3.48. The molecule has 0 aliphatic heterocycles. The van der Waals surface area contributed by atoms with Crippen molar-refractivity contribution in [2.45, 2.75) is 19.4 Å². The fourth-order valence-corrected chi connectivity index (χ4v) is 1.33. The molecule has 0 bridgehead atoms. The summed E-state index contributed by atoms with van der Waals surface area (Å²) in [6.07, 6.45) is 0.594. The van der Waals surface area contributed by atoms with E-state index in [1.165, 1.54) is 6.07 Å². The second-order valence-electron chi connectivity index (χ2n) is 3.48. The highest BCUT2D eigenvalue weighted by Gasteiger charge is 2.13. The molecule has 0 radical (unpaired) electrons. The molecular weight excluding hydrogens is 214 g/mol. The van der Waals surface area contributed by atoms with Crippen LogP contribution in [-0.4, -0.2) is 10.2 Å². The van der Waals surface area contributed by atoms with Crippen LogP contribution in [0, 0.1) is 0 Å². The Labute approximate surface area is 95.6 Å². The van der Waals surface area contributed by atoms with Crippen LogP contribution in [-0.2, 0) is 0 Å². The summed E-state index contributed by atoms with van der Waals surface area (Å²) >= 11 is 0. The molecule has 4 N–H and O–H groups in total. The van der Waals surface area contributed by atoms with E-state index >= 15 is 0 Å². The predicted molar refractivity (Wildman–Crippen MR) is 63.4 cm³/mol. The van der Waals surface area contributed by atoms with Crippen LogP contribution < -0.4 is 5.73 Å². The van der Waals surface area contributed by atoms with Gasteiger partial charge in [-0.2, -0.15) is 0 Å². The molecule has 1 atom stereocenters. The highest BCUT2D eigenvalue weighted by molar-refractivity contribution is 5.85. The third-order valence-corrected chi connectivity index (χ3v) is 2.01. The Hall–Kier alpha value is -1.19. The van der Waals surface area contributed by atoms with Crippen molar-refractivity contribution in [2.75, 3.05) is 0 Å². The Balaban J connectivity index is 0.00000196. The molecular formula is C11H16ClNO2. The zero-order valence-corrected chi connectivity index (χ0v) is 9.42. The van der Waals surface area contributed by atoms with E-state index in [-0.39, 0.29) is 29.9 Å². The number of aromatic hydroxyl groups is 2. The molecule has 0 aromatic heterocycles. The summed E-state index contributed by atoms with van der Waals surface area (Å²) in [5.74, 6) is -0.277. The topological polar surface area (TPSA) is 66.5 Å². The first kappa shape index (κ1) is 13.8. The fourth-order valence-electron chi connectivity index (χ4n) is 1.33. The maximum absolute atomic E-state index is 9.52. The zero-order valence-electron chi connectivity index (χ0n) is 8.60. The SMILES string of the molecule is C=C(C)C[C@H](N)c1cccc(O)c1O.Cl. The second kappa shape index (κ2) is 5.63. The van der Waals surface area contributed by atoms with Gasteiger partial charge < -0.3 is 15.9 Å². The van der Waals surface area contributed by atoms with E-state index in [1.54, 1.807) is 12.1 Å². The summed E-state index contributed by atoms with van der Waals surface area (Å²) in [6, 6.07) is 4.46. The van der Waals surface area contributed by atoms with Gasteiger partial charge in [0.15, 0.2) is 11.5 Å². The third-order valence-electron chi connectivity index (χ3n) is 2.01. The fraction of sp³-hybridized carbons (Fsp3) is 0.273. The van der Waals surface area contributed by atoms with Crippen molar-refractivity contribution in [3.8, 4) is 11.5 Å². The third kappa shape index (κ3) is 3.46. The summed E-state index contributed by atoms with van der Waals surface area (Å²) in [5, 5.41) is 18.8. The molecule has 0 spiro atoms. The van der Waals surface area contributed by atoms with E-state index in [2.05, 4.69) is 6.58 Å². The van der Waals surface area contributed by atoms with Gasteiger partial charge in [-0.05, 0) is 19.4 Å². The Morgan fingerprint density at radius 2 is 2.07 bits per heavy atom. The van der Waals surface area contributed by atoms with E-state index in [4.69, 9.17) is 5.73 Å². The number of halogens is 1. The van der Waals surface area contributed by atoms with Crippen molar-refractivity contribution in [1.29, 1.82) is 0 Å². The van der Waals surface area contributed by atoms with E-state index in [9.17, 15) is 10.2 Å². The minimum Gasteiger partial charge on any atom is -0.504 e. The summed E-state index contributed by atoms with van der Waals surface area (Å²) in [7, 11) is 0. The lowest BCUT2D eigenvalue weighted by Crippen LogP contribution is -2.10. The van der Waals surface area contributed by atoms with E-state index < -0.39 is 0 Å². The smallest absolute Gasteiger partial charge is 0.162 e. The van der Waals surface area contributed by atoms with E-state index in [0.29, 0.717) is 12.0 Å². The van der Waals surface area contributed by atoms with E-state index in [0.717, 1.165) is 5.57 Å². The lowest BCUT2D eigenvalue weighted by atomic mass is 10.00. The number of para-hydroxylation sites is 1. The largest absolute Gasteiger partial charge is 0.504 e. The Morgan fingerprint density at radius 1 is 1.47 bits per heavy atom. The standard InChI is InChI=1S/C11H15NO2.ClH/c1-7(2)6-9(12)8-4-3-5-10(13)11(8)14;/h3-5,9,13-14H,1,6,12H2,2H3;1H/t9-;/m0./s1. The molecule has 0 amide bonds. The Kier molecular flexibility index (Phi) is 5.19. The Morgan fingerprint density at radius 3 is 2.60 bits per heavy atom. The molecule has 15 heavy (non-hydrogen) atoms. The van der Waals surface area contributed by atoms with Gasteiger partial charge >= 0.3 is 0 Å². The number of phenols is 2. The van der Waals surface area contributed by atoms with E-state index in [1.807, 2.05) is 6.92 Å². The molecule has 1 aromatic carbocycles. The minimum atomic E-state index is -0.320. The number of phenolic OH excluding ortho intramolecular Hbond substituents is 2. The van der Waals surface area contributed by atoms with Gasteiger partial charge in [-0.1, -0.05) is 17.7 Å². The van der Waals surface area contributed by atoms with Crippen LogP contribution in [0.5, 0.6) is 11.5 Å². The van der Waals surface area contributed by atoms with Crippen LogP contribution in [0.4, 0.5) is 0 Å². The van der Waals surface area contributed by atoms with Crippen LogP contribution >= 0.6 is 12.4 Å². The number of hydrogen-bond acceptors (Lipinski definition) is 3. The van der Waals surface area contributed by atoms with Crippen LogP contribution in [0.1, 0.15) is 24.9 Å². The summed E-state index contributed by atoms with van der Waals surface area (Å²) in [6.45, 7) is 5.62. The van der Waals surface area contributed by atoms with Gasteiger partial charge in [0.05, 0.1) is 0 Å². The highest BCUT2D eigenvalue weighted by atomic mass is 35.5. The van der Waals surface area contributed by atoms with Crippen LogP contribution in [0.25, 0.3) is 0 Å². The maximum Gasteiger partial charge on any atom is 0.162 e. The van der Waals surface area contributed by atoms with Crippen molar-refractivity contribution in [3.05, 3.63) is 35.9 Å². The van der Waals surface area contributed by atoms with Crippen molar-refractivity contribution < 1.29 is 10.2 Å². The van der Waals surface area contributed by atoms with Gasteiger partial charge in [0.25, 0.3) is 0 Å². The van der Waals surface area contributed by atoms with Gasteiger partial charge in [0.1, 0.15) is 0 Å². The van der Waals surface area contributed by atoms with Gasteiger partial charge in [0, 0.05) is 11.6 Å². The molecule has 0 unspecified atom stereocenters. The average Bonchev–Trinajstić information content (AvgIpc) is 2.08. The summed E-state index contributed by atoms with van der Waals surface area (Å²) in [5.41, 5.74) is 7.33. The lowest BCUT2D eigenvalue weighted by molar-refractivity contribution is 0.396. The van der Waals surface area contributed by atoms with Gasteiger partial charge in [-0.15, -0.1) is 19.0 Å². The number of hydrogen-bond donors (Lipinski definition) is 3. The number of rotatable bonds is 3. The van der Waals surface area contributed by atoms with Crippen molar-refractivity contribution in [1.82, 2.24) is 0 Å². The van der Waals surface area contributed by atoms with Crippen molar-refractivity contribution >= 4 is 12.4 Å². The predicted octanol–water partition coefficient (Wildman–Crippen LogP) is 2.49. The number of nitrogens with two attached hydrogens (primary N) is 1. The molecule has 0 fully saturated rings. The van der Waals surface area contributed by atoms with Crippen LogP contribution in [0.2, 0.25) is 0 Å². The summed E-state index contributed by atoms with van der Waals surface area (Å²) in [4.78, 5) is 0. The summed E-state index contributed by atoms with van der Waals surface area (Å²) < 4.78 is 0. The Bertz CT molecular complexity index is 352. The molecule has 0 aliphatic carbocycles.